The van der Waals surface area contributed by atoms with Crippen molar-refractivity contribution in [1.29, 1.82) is 0 Å². The minimum absolute atomic E-state index is 0.00953. The molecule has 3 aromatic carbocycles. The quantitative estimate of drug-likeness (QED) is 0.518. The third-order valence-electron chi connectivity index (χ3n) is 4.47. The zero-order chi connectivity index (χ0) is 22.1. The van der Waals surface area contributed by atoms with Gasteiger partial charge < -0.3 is 14.9 Å². The summed E-state index contributed by atoms with van der Waals surface area (Å²) in [5.41, 5.74) is 0.00926. The second kappa shape index (κ2) is 8.06. The molecule has 8 heteroatoms. The normalized spacial score (nSPS) is 12.4. The van der Waals surface area contributed by atoms with Gasteiger partial charge in [-0.3, -0.25) is 0 Å². The highest BCUT2D eigenvalue weighted by Gasteiger charge is 2.30. The van der Waals surface area contributed by atoms with Gasteiger partial charge in [0.25, 0.3) is 0 Å². The fourth-order valence-corrected chi connectivity index (χ4v) is 2.86. The number of aliphatic carboxylic acids is 1. The number of ether oxygens (including phenoxy) is 1. The molecular weight excluding hydrogens is 404 g/mol. The van der Waals surface area contributed by atoms with Crippen LogP contribution in [0.3, 0.4) is 0 Å². The van der Waals surface area contributed by atoms with Gasteiger partial charge in [-0.05, 0) is 66.1 Å². The van der Waals surface area contributed by atoms with E-state index in [1.54, 1.807) is 6.92 Å². The highest BCUT2D eigenvalue weighted by atomic mass is 19.4. The minimum Gasteiger partial charge on any atom is -0.508 e. The molecule has 0 saturated carbocycles. The van der Waals surface area contributed by atoms with Crippen LogP contribution in [0.4, 0.5) is 17.6 Å². The number of carbonyl (C=O) groups is 1. The number of hydrogen-bond acceptors (Lipinski definition) is 3. The van der Waals surface area contributed by atoms with E-state index in [-0.39, 0.29) is 17.1 Å². The van der Waals surface area contributed by atoms with Gasteiger partial charge in [-0.15, -0.1) is 0 Å². The van der Waals surface area contributed by atoms with E-state index in [9.17, 15) is 32.6 Å². The number of aryl methyl sites for hydroxylation is 1. The van der Waals surface area contributed by atoms with Gasteiger partial charge >= 0.3 is 12.1 Å². The van der Waals surface area contributed by atoms with Crippen LogP contribution in [0.5, 0.6) is 11.5 Å². The first kappa shape index (κ1) is 21.2. The topological polar surface area (TPSA) is 66.8 Å². The molecular formula is C22H16F4O4. The maximum atomic E-state index is 14.4. The van der Waals surface area contributed by atoms with Gasteiger partial charge in [-0.1, -0.05) is 18.2 Å². The lowest BCUT2D eigenvalue weighted by molar-refractivity contribution is -0.145. The number of phenols is 1. The zero-order valence-electron chi connectivity index (χ0n) is 15.6. The number of carboxylic acids is 1. The molecule has 0 radical (unpaired) electrons. The fraction of sp³-hybridized carbons (Fsp3) is 0.136. The Kier molecular flexibility index (Phi) is 5.69. The summed E-state index contributed by atoms with van der Waals surface area (Å²) in [6.45, 7) is 1.59. The molecule has 0 aliphatic rings. The van der Waals surface area contributed by atoms with E-state index in [1.807, 2.05) is 0 Å². The van der Waals surface area contributed by atoms with Crippen LogP contribution in [-0.4, -0.2) is 16.2 Å². The summed E-state index contributed by atoms with van der Waals surface area (Å²) in [5.74, 6) is -2.19. The standard InChI is InChI=1S/C22H16F4O4/c1-12-10-16(7-9-19(12)27)30-20(21(28)29)17-11-14(4-8-18(17)23)13-2-5-15(6-3-13)22(24,25)26/h2-11,20,27H,1H3,(H,28,29). The Labute approximate surface area is 169 Å². The molecule has 156 valence electrons. The van der Waals surface area contributed by atoms with Gasteiger partial charge in [0.1, 0.15) is 17.3 Å². The second-order valence-corrected chi connectivity index (χ2v) is 6.60. The summed E-state index contributed by atoms with van der Waals surface area (Å²) in [6, 6.07) is 11.9. The molecule has 0 bridgehead atoms. The molecule has 30 heavy (non-hydrogen) atoms. The van der Waals surface area contributed by atoms with Gasteiger partial charge in [-0.2, -0.15) is 13.2 Å². The summed E-state index contributed by atoms with van der Waals surface area (Å²) in [7, 11) is 0. The molecule has 0 amide bonds. The molecule has 1 unspecified atom stereocenters. The summed E-state index contributed by atoms with van der Waals surface area (Å²) in [5, 5.41) is 19.1. The maximum absolute atomic E-state index is 14.4. The van der Waals surface area contributed by atoms with Crippen LogP contribution in [0.1, 0.15) is 22.8 Å². The lowest BCUT2D eigenvalue weighted by Gasteiger charge is -2.18. The van der Waals surface area contributed by atoms with Crippen LogP contribution in [0.2, 0.25) is 0 Å². The monoisotopic (exact) mass is 420 g/mol. The Morgan fingerprint density at radius 3 is 2.17 bits per heavy atom. The minimum atomic E-state index is -4.49. The number of alkyl halides is 3. The highest BCUT2D eigenvalue weighted by Crippen LogP contribution is 2.33. The van der Waals surface area contributed by atoms with Crippen LogP contribution in [-0.2, 0) is 11.0 Å². The summed E-state index contributed by atoms with van der Waals surface area (Å²) < 4.78 is 58.1. The summed E-state index contributed by atoms with van der Waals surface area (Å²) in [4.78, 5) is 11.7. The predicted molar refractivity (Wildman–Crippen MR) is 101 cm³/mol. The van der Waals surface area contributed by atoms with E-state index in [1.165, 1.54) is 42.5 Å². The molecule has 3 aromatic rings. The van der Waals surface area contributed by atoms with Gasteiger partial charge in [0, 0.05) is 5.56 Å². The molecule has 0 aliphatic heterocycles. The van der Waals surface area contributed by atoms with Crippen molar-refractivity contribution in [2.24, 2.45) is 0 Å². The Balaban J connectivity index is 1.97. The number of aromatic hydroxyl groups is 1. The van der Waals surface area contributed by atoms with E-state index in [2.05, 4.69) is 0 Å². The smallest absolute Gasteiger partial charge is 0.416 e. The Hall–Kier alpha value is -3.55. The van der Waals surface area contributed by atoms with E-state index in [0.29, 0.717) is 16.7 Å². The van der Waals surface area contributed by atoms with Crippen LogP contribution in [0, 0.1) is 12.7 Å². The van der Waals surface area contributed by atoms with Crippen molar-refractivity contribution in [1.82, 2.24) is 0 Å². The average Bonchev–Trinajstić information content (AvgIpc) is 2.69. The first-order valence-electron chi connectivity index (χ1n) is 8.72. The molecule has 0 fully saturated rings. The second-order valence-electron chi connectivity index (χ2n) is 6.60. The number of halogens is 4. The number of benzene rings is 3. The van der Waals surface area contributed by atoms with Crippen molar-refractivity contribution < 1.29 is 37.3 Å². The van der Waals surface area contributed by atoms with Crippen molar-refractivity contribution in [3.05, 3.63) is 83.2 Å². The van der Waals surface area contributed by atoms with Gasteiger partial charge in [-0.25, -0.2) is 9.18 Å². The van der Waals surface area contributed by atoms with Gasteiger partial charge in [0.2, 0.25) is 6.10 Å². The van der Waals surface area contributed by atoms with Crippen molar-refractivity contribution in [2.45, 2.75) is 19.2 Å². The Bertz CT molecular complexity index is 1080. The third-order valence-corrected chi connectivity index (χ3v) is 4.47. The van der Waals surface area contributed by atoms with E-state index in [4.69, 9.17) is 4.74 Å². The molecule has 4 nitrogen and oxygen atoms in total. The first-order chi connectivity index (χ1) is 14.1. The molecule has 3 rings (SSSR count). The molecule has 1 atom stereocenters. The van der Waals surface area contributed by atoms with E-state index >= 15 is 0 Å². The third kappa shape index (κ3) is 4.53. The lowest BCUT2D eigenvalue weighted by atomic mass is 9.99. The number of rotatable bonds is 5. The van der Waals surface area contributed by atoms with Crippen LogP contribution < -0.4 is 4.74 Å². The van der Waals surface area contributed by atoms with E-state index < -0.39 is 29.6 Å². The van der Waals surface area contributed by atoms with Crippen molar-refractivity contribution >= 4 is 5.97 Å². The van der Waals surface area contributed by atoms with Crippen LogP contribution >= 0.6 is 0 Å². The number of phenolic OH excluding ortho intramolecular Hbond substituents is 1. The van der Waals surface area contributed by atoms with Crippen molar-refractivity contribution in [3.63, 3.8) is 0 Å². The predicted octanol–water partition coefficient (Wildman–Crippen LogP) is 5.73. The molecule has 0 saturated heterocycles. The molecule has 0 heterocycles. The molecule has 0 aliphatic carbocycles. The molecule has 0 spiro atoms. The zero-order valence-corrected chi connectivity index (χ0v) is 15.6. The summed E-state index contributed by atoms with van der Waals surface area (Å²) in [6.07, 6.45) is -6.19. The largest absolute Gasteiger partial charge is 0.508 e. The van der Waals surface area contributed by atoms with Gasteiger partial charge in [0.15, 0.2) is 0 Å². The van der Waals surface area contributed by atoms with Crippen LogP contribution in [0.15, 0.2) is 60.7 Å². The summed E-state index contributed by atoms with van der Waals surface area (Å²) >= 11 is 0. The Morgan fingerprint density at radius 2 is 1.60 bits per heavy atom. The van der Waals surface area contributed by atoms with Crippen LogP contribution in [0.25, 0.3) is 11.1 Å². The maximum Gasteiger partial charge on any atom is 0.416 e. The highest BCUT2D eigenvalue weighted by molar-refractivity contribution is 5.76. The molecule has 2 N–H and O–H groups in total. The lowest BCUT2D eigenvalue weighted by Crippen LogP contribution is -2.19. The average molecular weight is 420 g/mol. The fourth-order valence-electron chi connectivity index (χ4n) is 2.86. The molecule has 0 aromatic heterocycles. The van der Waals surface area contributed by atoms with Crippen molar-refractivity contribution in [2.75, 3.05) is 0 Å². The number of hydrogen-bond donors (Lipinski definition) is 2. The van der Waals surface area contributed by atoms with Crippen molar-refractivity contribution in [3.8, 4) is 22.6 Å². The Morgan fingerprint density at radius 1 is 0.967 bits per heavy atom. The number of carboxylic acid groups (broad SMARTS) is 1. The van der Waals surface area contributed by atoms with Gasteiger partial charge in [0.05, 0.1) is 5.56 Å². The SMILES string of the molecule is Cc1cc(OC(C(=O)O)c2cc(-c3ccc(C(F)(F)F)cc3)ccc2F)ccc1O. The first-order valence-corrected chi connectivity index (χ1v) is 8.72. The van der Waals surface area contributed by atoms with E-state index in [0.717, 1.165) is 18.2 Å².